The van der Waals surface area contributed by atoms with Crippen molar-refractivity contribution >= 4 is 11.8 Å². The van der Waals surface area contributed by atoms with Crippen molar-refractivity contribution in [2.24, 2.45) is 5.92 Å². The average molecular weight is 264 g/mol. The van der Waals surface area contributed by atoms with Crippen LogP contribution in [0.1, 0.15) is 19.3 Å². The number of rotatable bonds is 2. The van der Waals surface area contributed by atoms with Crippen molar-refractivity contribution in [3.8, 4) is 0 Å². The van der Waals surface area contributed by atoms with Crippen LogP contribution in [0.2, 0.25) is 0 Å². The Bertz CT molecular complexity index is 474. The molecular weight excluding hydrogens is 248 g/mol. The molecule has 2 aliphatic rings. The Kier molecular flexibility index (Phi) is 3.14. The molecule has 2 fully saturated rings. The molecule has 3 heterocycles. The molecule has 2 amide bonds. The van der Waals surface area contributed by atoms with Crippen molar-refractivity contribution < 1.29 is 9.59 Å². The van der Waals surface area contributed by atoms with E-state index in [-0.39, 0.29) is 24.4 Å². The fourth-order valence-electron chi connectivity index (χ4n) is 2.83. The van der Waals surface area contributed by atoms with Gasteiger partial charge in [0.15, 0.2) is 0 Å². The molecule has 0 spiro atoms. The first-order valence-corrected chi connectivity index (χ1v) is 6.50. The standard InChI is InChI=1S/C11H16N6O2/c18-10-2-1-8-5-16(4-3-9(8)13-10)11(19)6-17-7-12-14-15-17/h7-9H,1-6H2,(H,13,18). The largest absolute Gasteiger partial charge is 0.353 e. The van der Waals surface area contributed by atoms with Crippen molar-refractivity contribution in [1.29, 1.82) is 0 Å². The number of nitrogens with one attached hydrogen (secondary N) is 1. The van der Waals surface area contributed by atoms with E-state index in [9.17, 15) is 9.59 Å². The van der Waals surface area contributed by atoms with Crippen LogP contribution in [0, 0.1) is 5.92 Å². The van der Waals surface area contributed by atoms with Crippen LogP contribution < -0.4 is 5.32 Å². The number of carbonyl (C=O) groups excluding carboxylic acids is 2. The maximum Gasteiger partial charge on any atom is 0.244 e. The molecule has 3 rings (SSSR count). The third kappa shape index (κ3) is 2.56. The number of likely N-dealkylation sites (tertiary alicyclic amines) is 1. The summed E-state index contributed by atoms with van der Waals surface area (Å²) in [4.78, 5) is 25.3. The van der Waals surface area contributed by atoms with Crippen molar-refractivity contribution in [1.82, 2.24) is 30.4 Å². The Labute approximate surface area is 110 Å². The minimum absolute atomic E-state index is 0.0302. The molecular formula is C11H16N6O2. The second kappa shape index (κ2) is 4.94. The molecule has 2 aliphatic heterocycles. The number of aromatic nitrogens is 4. The molecule has 8 heteroatoms. The smallest absolute Gasteiger partial charge is 0.244 e. The van der Waals surface area contributed by atoms with Gasteiger partial charge in [-0.05, 0) is 29.2 Å². The van der Waals surface area contributed by atoms with Gasteiger partial charge in [0.25, 0.3) is 0 Å². The first-order chi connectivity index (χ1) is 9.22. The highest BCUT2D eigenvalue weighted by Crippen LogP contribution is 2.25. The minimum atomic E-state index is 0.0302. The third-order valence-electron chi connectivity index (χ3n) is 3.86. The molecule has 2 atom stereocenters. The Morgan fingerprint density at radius 1 is 1.47 bits per heavy atom. The molecule has 0 aliphatic carbocycles. The van der Waals surface area contributed by atoms with E-state index in [0.717, 1.165) is 12.8 Å². The lowest BCUT2D eigenvalue weighted by molar-refractivity contribution is -0.135. The summed E-state index contributed by atoms with van der Waals surface area (Å²) in [5, 5.41) is 13.7. The molecule has 19 heavy (non-hydrogen) atoms. The van der Waals surface area contributed by atoms with Crippen molar-refractivity contribution in [3.63, 3.8) is 0 Å². The van der Waals surface area contributed by atoms with Crippen LogP contribution in [-0.4, -0.2) is 56.1 Å². The van der Waals surface area contributed by atoms with E-state index >= 15 is 0 Å². The topological polar surface area (TPSA) is 93.0 Å². The summed E-state index contributed by atoms with van der Waals surface area (Å²) in [7, 11) is 0. The van der Waals surface area contributed by atoms with Crippen LogP contribution >= 0.6 is 0 Å². The number of nitrogens with zero attached hydrogens (tertiary/aromatic N) is 5. The summed E-state index contributed by atoms with van der Waals surface area (Å²) in [6, 6.07) is 0.235. The van der Waals surface area contributed by atoms with Crippen LogP contribution in [0.15, 0.2) is 6.33 Å². The zero-order valence-electron chi connectivity index (χ0n) is 10.5. The number of fused-ring (bicyclic) bond motifs is 1. The average Bonchev–Trinajstić information content (AvgIpc) is 2.91. The number of hydrogen-bond donors (Lipinski definition) is 1. The molecule has 8 nitrogen and oxygen atoms in total. The Hall–Kier alpha value is -1.99. The van der Waals surface area contributed by atoms with Crippen molar-refractivity contribution in [2.45, 2.75) is 31.8 Å². The van der Waals surface area contributed by atoms with Gasteiger partial charge in [0, 0.05) is 25.6 Å². The summed E-state index contributed by atoms with van der Waals surface area (Å²) in [5.41, 5.74) is 0. The predicted molar refractivity (Wildman–Crippen MR) is 63.7 cm³/mol. The zero-order valence-corrected chi connectivity index (χ0v) is 10.5. The molecule has 2 saturated heterocycles. The number of piperidine rings is 2. The number of tetrazole rings is 1. The lowest BCUT2D eigenvalue weighted by Gasteiger charge is -2.41. The van der Waals surface area contributed by atoms with E-state index in [2.05, 4.69) is 20.8 Å². The maximum atomic E-state index is 12.1. The Balaban J connectivity index is 1.58. The molecule has 0 bridgehead atoms. The van der Waals surface area contributed by atoms with Gasteiger partial charge in [-0.3, -0.25) is 9.59 Å². The number of hydrogen-bond acceptors (Lipinski definition) is 5. The summed E-state index contributed by atoms with van der Waals surface area (Å²) in [6.45, 7) is 1.57. The quantitative estimate of drug-likeness (QED) is 0.724. The zero-order chi connectivity index (χ0) is 13.2. The summed E-state index contributed by atoms with van der Waals surface area (Å²) >= 11 is 0. The van der Waals surface area contributed by atoms with Gasteiger partial charge in [0.05, 0.1) is 0 Å². The van der Waals surface area contributed by atoms with Gasteiger partial charge in [-0.15, -0.1) is 5.10 Å². The molecule has 2 unspecified atom stereocenters. The van der Waals surface area contributed by atoms with E-state index in [0.29, 0.717) is 25.4 Å². The molecule has 1 aromatic heterocycles. The lowest BCUT2D eigenvalue weighted by atomic mass is 9.85. The van der Waals surface area contributed by atoms with Crippen molar-refractivity contribution in [3.05, 3.63) is 6.33 Å². The van der Waals surface area contributed by atoms with Gasteiger partial charge in [-0.25, -0.2) is 4.68 Å². The van der Waals surface area contributed by atoms with Crippen molar-refractivity contribution in [2.75, 3.05) is 13.1 Å². The van der Waals surface area contributed by atoms with E-state index < -0.39 is 0 Å². The Morgan fingerprint density at radius 2 is 2.37 bits per heavy atom. The van der Waals surface area contributed by atoms with Crippen LogP contribution in [0.5, 0.6) is 0 Å². The second-order valence-electron chi connectivity index (χ2n) is 5.11. The molecule has 0 saturated carbocycles. The predicted octanol–water partition coefficient (Wildman–Crippen LogP) is -1.20. The van der Waals surface area contributed by atoms with E-state index in [1.54, 1.807) is 0 Å². The van der Waals surface area contributed by atoms with Crippen LogP contribution in [0.4, 0.5) is 0 Å². The van der Waals surface area contributed by atoms with E-state index in [4.69, 9.17) is 0 Å². The minimum Gasteiger partial charge on any atom is -0.353 e. The van der Waals surface area contributed by atoms with E-state index in [1.165, 1.54) is 11.0 Å². The number of amides is 2. The Morgan fingerprint density at radius 3 is 3.16 bits per heavy atom. The molecule has 0 radical (unpaired) electrons. The summed E-state index contributed by atoms with van der Waals surface area (Å²) in [6.07, 6.45) is 3.70. The fraction of sp³-hybridized carbons (Fsp3) is 0.727. The SMILES string of the molecule is O=C1CCC2CN(C(=O)Cn3cnnn3)CCC2N1. The molecule has 1 aromatic rings. The van der Waals surface area contributed by atoms with Crippen LogP contribution in [0.25, 0.3) is 0 Å². The van der Waals surface area contributed by atoms with Gasteiger partial charge in [0.1, 0.15) is 12.9 Å². The maximum absolute atomic E-state index is 12.1. The fourth-order valence-corrected chi connectivity index (χ4v) is 2.83. The van der Waals surface area contributed by atoms with Gasteiger partial charge in [0.2, 0.25) is 11.8 Å². The lowest BCUT2D eigenvalue weighted by Crippen LogP contribution is -2.55. The second-order valence-corrected chi connectivity index (χ2v) is 5.11. The highest BCUT2D eigenvalue weighted by molar-refractivity contribution is 5.78. The summed E-state index contributed by atoms with van der Waals surface area (Å²) in [5.74, 6) is 0.543. The molecule has 0 aromatic carbocycles. The molecule has 102 valence electrons. The third-order valence-corrected chi connectivity index (χ3v) is 3.86. The highest BCUT2D eigenvalue weighted by Gasteiger charge is 2.35. The highest BCUT2D eigenvalue weighted by atomic mass is 16.2. The first-order valence-electron chi connectivity index (χ1n) is 6.50. The van der Waals surface area contributed by atoms with Gasteiger partial charge in [-0.2, -0.15) is 0 Å². The van der Waals surface area contributed by atoms with Gasteiger partial charge in [-0.1, -0.05) is 0 Å². The normalized spacial score (nSPS) is 26.7. The van der Waals surface area contributed by atoms with Gasteiger partial charge >= 0.3 is 0 Å². The van der Waals surface area contributed by atoms with E-state index in [1.807, 2.05) is 4.90 Å². The first kappa shape index (κ1) is 12.1. The molecule has 1 N–H and O–H groups in total. The summed E-state index contributed by atoms with van der Waals surface area (Å²) < 4.78 is 1.43. The van der Waals surface area contributed by atoms with Crippen LogP contribution in [0.3, 0.4) is 0 Å². The van der Waals surface area contributed by atoms with Gasteiger partial charge < -0.3 is 10.2 Å². The monoisotopic (exact) mass is 264 g/mol. The van der Waals surface area contributed by atoms with Crippen LogP contribution in [-0.2, 0) is 16.1 Å². The number of carbonyl (C=O) groups is 2.